The lowest BCUT2D eigenvalue weighted by Gasteiger charge is -2.15. The molecule has 0 spiro atoms. The van der Waals surface area contributed by atoms with Gasteiger partial charge in [0.25, 0.3) is 0 Å². The predicted molar refractivity (Wildman–Crippen MR) is 83.1 cm³/mol. The third-order valence-electron chi connectivity index (χ3n) is 3.30. The highest BCUT2D eigenvalue weighted by molar-refractivity contribution is 7.13. The first kappa shape index (κ1) is 15.3. The molecule has 2 rings (SSSR count). The number of nitrogens with one attached hydrogen (secondary N) is 1. The summed E-state index contributed by atoms with van der Waals surface area (Å²) in [6.45, 7) is 3.87. The number of methoxy groups -OCH3 is 1. The summed E-state index contributed by atoms with van der Waals surface area (Å²) < 4.78 is 5.29. The molecule has 0 saturated heterocycles. The maximum absolute atomic E-state index is 11.2. The zero-order valence-electron chi connectivity index (χ0n) is 12.2. The molecule has 0 fully saturated rings. The molecule has 0 aliphatic carbocycles. The minimum absolute atomic E-state index is 0.558. The molecule has 1 aromatic heterocycles. The molecule has 0 amide bonds. The lowest BCUT2D eigenvalue weighted by molar-refractivity contribution is -0.142. The van der Waals surface area contributed by atoms with E-state index < -0.39 is 11.4 Å². The smallest absolute Gasteiger partial charge is 0.315 e. The van der Waals surface area contributed by atoms with E-state index in [-0.39, 0.29) is 0 Å². The number of benzene rings is 1. The fourth-order valence-electron chi connectivity index (χ4n) is 1.77. The van der Waals surface area contributed by atoms with E-state index in [2.05, 4.69) is 10.3 Å². The molecule has 0 saturated carbocycles. The first-order valence-electron chi connectivity index (χ1n) is 6.50. The maximum Gasteiger partial charge on any atom is 0.315 e. The van der Waals surface area contributed by atoms with E-state index in [0.29, 0.717) is 17.4 Å². The van der Waals surface area contributed by atoms with Crippen molar-refractivity contribution in [3.63, 3.8) is 0 Å². The van der Waals surface area contributed by atoms with Gasteiger partial charge < -0.3 is 15.2 Å². The van der Waals surface area contributed by atoms with Gasteiger partial charge in [0.2, 0.25) is 0 Å². The summed E-state index contributed by atoms with van der Waals surface area (Å²) in [6.07, 6.45) is 0. The van der Waals surface area contributed by atoms with Crippen LogP contribution in [0.4, 0.5) is 5.13 Å². The summed E-state index contributed by atoms with van der Waals surface area (Å²) in [6, 6.07) is 7.74. The normalized spacial score (nSPS) is 11.2. The molecule has 6 heteroatoms. The van der Waals surface area contributed by atoms with Crippen molar-refractivity contribution in [1.29, 1.82) is 0 Å². The van der Waals surface area contributed by atoms with Crippen LogP contribution in [0.25, 0.3) is 0 Å². The number of ether oxygens (including phenoxy) is 1. The van der Waals surface area contributed by atoms with Gasteiger partial charge in [-0.15, -0.1) is 11.3 Å². The molecule has 0 unspecified atom stereocenters. The molecule has 0 atom stereocenters. The number of aliphatic carboxylic acids is 1. The van der Waals surface area contributed by atoms with Crippen molar-refractivity contribution in [1.82, 2.24) is 4.98 Å². The van der Waals surface area contributed by atoms with Gasteiger partial charge in [-0.1, -0.05) is 18.2 Å². The van der Waals surface area contributed by atoms with Crippen molar-refractivity contribution in [2.45, 2.75) is 25.8 Å². The van der Waals surface area contributed by atoms with Crippen LogP contribution in [0.5, 0.6) is 5.75 Å². The Labute approximate surface area is 127 Å². The highest BCUT2D eigenvalue weighted by Crippen LogP contribution is 2.28. The van der Waals surface area contributed by atoms with Crippen LogP contribution in [0, 0.1) is 0 Å². The van der Waals surface area contributed by atoms with Gasteiger partial charge in [0.15, 0.2) is 5.13 Å². The van der Waals surface area contributed by atoms with Crippen molar-refractivity contribution in [3.05, 3.63) is 40.9 Å². The molecule has 2 aromatic rings. The van der Waals surface area contributed by atoms with E-state index in [1.165, 1.54) is 11.3 Å². The van der Waals surface area contributed by atoms with Crippen LogP contribution in [0.15, 0.2) is 29.6 Å². The second-order valence-electron chi connectivity index (χ2n) is 5.13. The number of thiazole rings is 1. The highest BCUT2D eigenvalue weighted by atomic mass is 32.1. The van der Waals surface area contributed by atoms with Gasteiger partial charge >= 0.3 is 5.97 Å². The number of carboxylic acid groups (broad SMARTS) is 1. The second kappa shape index (κ2) is 6.13. The third kappa shape index (κ3) is 3.33. The molecule has 2 N–H and O–H groups in total. The molecule has 0 bridgehead atoms. The molecular weight excluding hydrogens is 288 g/mol. The van der Waals surface area contributed by atoms with Crippen molar-refractivity contribution in [2.75, 3.05) is 12.4 Å². The zero-order chi connectivity index (χ0) is 15.5. The molecule has 0 aliphatic rings. The first-order valence-corrected chi connectivity index (χ1v) is 7.38. The Morgan fingerprint density at radius 1 is 1.43 bits per heavy atom. The Morgan fingerprint density at radius 2 is 2.14 bits per heavy atom. The number of carbonyl (C=O) groups is 1. The average Bonchev–Trinajstić information content (AvgIpc) is 2.94. The van der Waals surface area contributed by atoms with Crippen LogP contribution in [-0.2, 0) is 16.8 Å². The topological polar surface area (TPSA) is 71.5 Å². The number of rotatable bonds is 6. The fraction of sp³-hybridized carbons (Fsp3) is 0.333. The van der Waals surface area contributed by atoms with Crippen molar-refractivity contribution in [2.24, 2.45) is 0 Å². The molecule has 0 aliphatic heterocycles. The van der Waals surface area contributed by atoms with Gasteiger partial charge in [-0.2, -0.15) is 0 Å². The summed E-state index contributed by atoms with van der Waals surface area (Å²) in [5.74, 6) is -0.0725. The Balaban J connectivity index is 2.08. The Bertz CT molecular complexity index is 637. The zero-order valence-corrected chi connectivity index (χ0v) is 13.0. The quantitative estimate of drug-likeness (QED) is 0.858. The lowest BCUT2D eigenvalue weighted by Crippen LogP contribution is -2.28. The van der Waals surface area contributed by atoms with E-state index in [4.69, 9.17) is 4.74 Å². The van der Waals surface area contributed by atoms with Gasteiger partial charge in [-0.25, -0.2) is 4.98 Å². The van der Waals surface area contributed by atoms with Gasteiger partial charge in [0.1, 0.15) is 11.2 Å². The van der Waals surface area contributed by atoms with Crippen LogP contribution in [0.3, 0.4) is 0 Å². The second-order valence-corrected chi connectivity index (χ2v) is 5.99. The summed E-state index contributed by atoms with van der Waals surface area (Å²) in [5.41, 5.74) is 0.595. The molecule has 1 aromatic carbocycles. The van der Waals surface area contributed by atoms with E-state index in [1.54, 1.807) is 26.3 Å². The van der Waals surface area contributed by atoms with Gasteiger partial charge in [-0.3, -0.25) is 4.79 Å². The largest absolute Gasteiger partial charge is 0.496 e. The van der Waals surface area contributed by atoms with Crippen molar-refractivity contribution >= 4 is 22.4 Å². The molecular formula is C15H18N2O3S. The van der Waals surface area contributed by atoms with Gasteiger partial charge in [0, 0.05) is 17.5 Å². The number of aromatic nitrogens is 1. The van der Waals surface area contributed by atoms with E-state index in [0.717, 1.165) is 11.3 Å². The molecule has 112 valence electrons. The highest BCUT2D eigenvalue weighted by Gasteiger charge is 2.32. The maximum atomic E-state index is 11.2. The summed E-state index contributed by atoms with van der Waals surface area (Å²) in [5, 5.41) is 14.9. The molecule has 1 heterocycles. The van der Waals surface area contributed by atoms with Gasteiger partial charge in [0.05, 0.1) is 12.8 Å². The lowest BCUT2D eigenvalue weighted by atomic mass is 9.90. The van der Waals surface area contributed by atoms with Crippen LogP contribution in [0.1, 0.15) is 25.1 Å². The summed E-state index contributed by atoms with van der Waals surface area (Å²) in [7, 11) is 1.63. The minimum Gasteiger partial charge on any atom is -0.496 e. The van der Waals surface area contributed by atoms with Crippen LogP contribution in [0.2, 0.25) is 0 Å². The van der Waals surface area contributed by atoms with Crippen molar-refractivity contribution in [3.8, 4) is 5.75 Å². The Kier molecular flexibility index (Phi) is 4.47. The van der Waals surface area contributed by atoms with E-state index in [1.807, 2.05) is 24.3 Å². The summed E-state index contributed by atoms with van der Waals surface area (Å²) >= 11 is 1.40. The van der Waals surface area contributed by atoms with Crippen molar-refractivity contribution < 1.29 is 14.6 Å². The number of hydrogen-bond donors (Lipinski definition) is 2. The third-order valence-corrected chi connectivity index (χ3v) is 4.10. The van der Waals surface area contributed by atoms with Gasteiger partial charge in [-0.05, 0) is 19.9 Å². The predicted octanol–water partition coefficient (Wildman–Crippen LogP) is 3.13. The summed E-state index contributed by atoms with van der Waals surface area (Å²) in [4.78, 5) is 15.6. The first-order chi connectivity index (χ1) is 9.95. The molecule has 0 radical (unpaired) electrons. The number of carboxylic acids is 1. The fourth-order valence-corrected chi connectivity index (χ4v) is 2.65. The number of para-hydroxylation sites is 1. The standard InChI is InChI=1S/C15H18N2O3S/c1-15(2,13(18)19)12-9-21-14(17-12)16-8-10-6-4-5-7-11(10)20-3/h4-7,9H,8H2,1-3H3,(H,16,17)(H,18,19). The van der Waals surface area contributed by atoms with Crippen LogP contribution >= 0.6 is 11.3 Å². The van der Waals surface area contributed by atoms with Crippen LogP contribution in [-0.4, -0.2) is 23.2 Å². The Morgan fingerprint density at radius 3 is 2.81 bits per heavy atom. The SMILES string of the molecule is COc1ccccc1CNc1nc(C(C)(C)C(=O)O)cs1. The monoisotopic (exact) mass is 306 g/mol. The van der Waals surface area contributed by atoms with Crippen LogP contribution < -0.4 is 10.1 Å². The molecule has 5 nitrogen and oxygen atoms in total. The average molecular weight is 306 g/mol. The number of nitrogens with zero attached hydrogens (tertiary/aromatic N) is 1. The van der Waals surface area contributed by atoms with E-state index >= 15 is 0 Å². The van der Waals surface area contributed by atoms with E-state index in [9.17, 15) is 9.90 Å². The molecule has 21 heavy (non-hydrogen) atoms. The minimum atomic E-state index is -0.985. The number of hydrogen-bond acceptors (Lipinski definition) is 5. The number of anilines is 1. The Hall–Kier alpha value is -2.08.